The fourth-order valence-electron chi connectivity index (χ4n) is 0.925. The first-order valence-corrected chi connectivity index (χ1v) is 2.81. The molecule has 2 heteroatoms. The average Bonchev–Trinajstić information content (AvgIpc) is 1.86. The lowest BCUT2D eigenvalue weighted by Gasteiger charge is -2.12. The molecule has 0 saturated carbocycles. The van der Waals surface area contributed by atoms with Crippen LogP contribution in [-0.2, 0) is 0 Å². The summed E-state index contributed by atoms with van der Waals surface area (Å²) in [6.45, 7) is 0. The van der Waals surface area contributed by atoms with Crippen LogP contribution in [0.1, 0.15) is 5.56 Å². The van der Waals surface area contributed by atoms with Crippen molar-refractivity contribution in [2.24, 2.45) is 10.7 Å². The van der Waals surface area contributed by atoms with Crippen LogP contribution < -0.4 is 5.73 Å². The highest BCUT2D eigenvalue weighted by atomic mass is 14.9. The van der Waals surface area contributed by atoms with Crippen LogP contribution in [0.4, 0.5) is 5.69 Å². The van der Waals surface area contributed by atoms with E-state index < -0.39 is 0 Å². The predicted molar refractivity (Wildman–Crippen MR) is 36.8 cm³/mol. The van der Waals surface area contributed by atoms with Gasteiger partial charge in [-0.2, -0.15) is 0 Å². The molecule has 0 radical (unpaired) electrons. The maximum absolute atomic E-state index is 5.44. The minimum Gasteiger partial charge on any atom is -0.383 e. The molecule has 0 bridgehead atoms. The van der Waals surface area contributed by atoms with Crippen LogP contribution in [0.5, 0.6) is 0 Å². The Labute approximate surface area is 53.0 Å². The number of rotatable bonds is 0. The Morgan fingerprint density at radius 1 is 1.22 bits per heavy atom. The summed E-state index contributed by atoms with van der Waals surface area (Å²) in [7, 11) is 0. The third kappa shape index (κ3) is 0.470. The van der Waals surface area contributed by atoms with Crippen LogP contribution >= 0.6 is 0 Å². The molecule has 44 valence electrons. The van der Waals surface area contributed by atoms with Crippen molar-refractivity contribution in [2.75, 3.05) is 0 Å². The Kier molecular flexibility index (Phi) is 0.681. The second kappa shape index (κ2) is 1.35. The van der Waals surface area contributed by atoms with Gasteiger partial charge in [0.1, 0.15) is 5.84 Å². The number of aliphatic imine (C=N–C) groups is 1. The molecule has 0 atom stereocenters. The standard InChI is InChI=1S/C7H6N2/c8-7-5-3-1-2-4-6(5)9-7/h1-4H,(H2,8,9). The molecule has 1 aromatic carbocycles. The maximum Gasteiger partial charge on any atom is 0.133 e. The van der Waals surface area contributed by atoms with Gasteiger partial charge in [-0.25, -0.2) is 4.99 Å². The lowest BCUT2D eigenvalue weighted by atomic mass is 10.1. The van der Waals surface area contributed by atoms with Crippen molar-refractivity contribution in [3.05, 3.63) is 29.8 Å². The number of hydrogen-bond donors (Lipinski definition) is 1. The summed E-state index contributed by atoms with van der Waals surface area (Å²) in [5.74, 6) is 0.658. The maximum atomic E-state index is 5.44. The number of para-hydroxylation sites is 1. The predicted octanol–water partition coefficient (Wildman–Crippen LogP) is 1.04. The molecule has 9 heavy (non-hydrogen) atoms. The fourth-order valence-corrected chi connectivity index (χ4v) is 0.925. The summed E-state index contributed by atoms with van der Waals surface area (Å²) in [6, 6.07) is 7.83. The average molecular weight is 118 g/mol. The fraction of sp³-hybridized carbons (Fsp3) is 0. The molecule has 0 spiro atoms. The van der Waals surface area contributed by atoms with Gasteiger partial charge < -0.3 is 5.73 Å². The summed E-state index contributed by atoms with van der Waals surface area (Å²) in [4.78, 5) is 3.98. The quantitative estimate of drug-likeness (QED) is 0.543. The molecule has 0 saturated heterocycles. The van der Waals surface area contributed by atoms with Crippen LogP contribution in [0.15, 0.2) is 29.3 Å². The summed E-state index contributed by atoms with van der Waals surface area (Å²) in [5, 5.41) is 0. The van der Waals surface area contributed by atoms with E-state index in [0.717, 1.165) is 11.3 Å². The number of nitrogens with two attached hydrogens (primary N) is 1. The zero-order valence-corrected chi connectivity index (χ0v) is 4.83. The first kappa shape index (κ1) is 4.56. The van der Waals surface area contributed by atoms with Crippen LogP contribution in [0, 0.1) is 0 Å². The van der Waals surface area contributed by atoms with Gasteiger partial charge in [-0.05, 0) is 12.1 Å². The van der Waals surface area contributed by atoms with E-state index in [4.69, 9.17) is 5.73 Å². The Hall–Kier alpha value is -1.31. The minimum absolute atomic E-state index is 0.658. The zero-order valence-electron chi connectivity index (χ0n) is 4.83. The van der Waals surface area contributed by atoms with Gasteiger partial charge in [0.05, 0.1) is 5.69 Å². The second-order valence-electron chi connectivity index (χ2n) is 2.01. The number of fused-ring (bicyclic) bond motifs is 1. The van der Waals surface area contributed by atoms with Crippen LogP contribution in [0.2, 0.25) is 0 Å². The molecular weight excluding hydrogens is 112 g/mol. The minimum atomic E-state index is 0.658. The van der Waals surface area contributed by atoms with Crippen LogP contribution in [0.25, 0.3) is 0 Å². The van der Waals surface area contributed by atoms with Crippen molar-refractivity contribution in [1.29, 1.82) is 0 Å². The van der Waals surface area contributed by atoms with Crippen molar-refractivity contribution >= 4 is 11.5 Å². The number of hydrogen-bond acceptors (Lipinski definition) is 2. The lowest BCUT2D eigenvalue weighted by Crippen LogP contribution is -2.18. The Balaban J connectivity index is 2.61. The van der Waals surface area contributed by atoms with Crippen molar-refractivity contribution < 1.29 is 0 Å². The van der Waals surface area contributed by atoms with E-state index in [1.165, 1.54) is 0 Å². The molecular formula is C7H6N2. The SMILES string of the molecule is NC1=Nc2ccccc21. The third-order valence-corrected chi connectivity index (χ3v) is 1.42. The molecule has 2 nitrogen and oxygen atoms in total. The molecule has 1 aliphatic heterocycles. The van der Waals surface area contributed by atoms with Gasteiger partial charge in [-0.15, -0.1) is 0 Å². The molecule has 0 amide bonds. The van der Waals surface area contributed by atoms with E-state index in [9.17, 15) is 0 Å². The molecule has 0 aliphatic carbocycles. The van der Waals surface area contributed by atoms with E-state index in [0.29, 0.717) is 5.84 Å². The summed E-state index contributed by atoms with van der Waals surface area (Å²) < 4.78 is 0. The highest BCUT2D eigenvalue weighted by molar-refractivity contribution is 6.09. The molecule has 0 fully saturated rings. The van der Waals surface area contributed by atoms with E-state index in [1.54, 1.807) is 0 Å². The largest absolute Gasteiger partial charge is 0.383 e. The van der Waals surface area contributed by atoms with Crippen molar-refractivity contribution in [3.63, 3.8) is 0 Å². The molecule has 2 rings (SSSR count). The summed E-state index contributed by atoms with van der Waals surface area (Å²) in [5.41, 5.74) is 7.53. The van der Waals surface area contributed by atoms with Crippen LogP contribution in [0.3, 0.4) is 0 Å². The number of benzene rings is 1. The van der Waals surface area contributed by atoms with Crippen LogP contribution in [-0.4, -0.2) is 5.84 Å². The van der Waals surface area contributed by atoms with Gasteiger partial charge in [0, 0.05) is 5.56 Å². The zero-order chi connectivity index (χ0) is 6.27. The first-order chi connectivity index (χ1) is 4.38. The molecule has 2 N–H and O–H groups in total. The van der Waals surface area contributed by atoms with E-state index in [2.05, 4.69) is 4.99 Å². The van der Waals surface area contributed by atoms with Crippen molar-refractivity contribution in [2.45, 2.75) is 0 Å². The van der Waals surface area contributed by atoms with E-state index in [1.807, 2.05) is 24.3 Å². The Morgan fingerprint density at radius 3 is 2.56 bits per heavy atom. The monoisotopic (exact) mass is 118 g/mol. The van der Waals surface area contributed by atoms with Gasteiger partial charge >= 0.3 is 0 Å². The highest BCUT2D eigenvalue weighted by Gasteiger charge is 2.12. The second-order valence-corrected chi connectivity index (χ2v) is 2.01. The third-order valence-electron chi connectivity index (χ3n) is 1.42. The topological polar surface area (TPSA) is 38.4 Å². The van der Waals surface area contributed by atoms with Gasteiger partial charge in [0.15, 0.2) is 0 Å². The lowest BCUT2D eigenvalue weighted by molar-refractivity contribution is 1.36. The molecule has 0 aromatic heterocycles. The summed E-state index contributed by atoms with van der Waals surface area (Å²) in [6.07, 6.45) is 0. The summed E-state index contributed by atoms with van der Waals surface area (Å²) >= 11 is 0. The normalized spacial score (nSPS) is 13.6. The van der Waals surface area contributed by atoms with Gasteiger partial charge in [0.25, 0.3) is 0 Å². The number of nitrogens with zero attached hydrogens (tertiary/aromatic N) is 1. The molecule has 1 aliphatic rings. The number of amidine groups is 1. The smallest absolute Gasteiger partial charge is 0.133 e. The Bertz CT molecular complexity index is 276. The van der Waals surface area contributed by atoms with E-state index >= 15 is 0 Å². The molecule has 1 heterocycles. The molecule has 0 unspecified atom stereocenters. The molecule has 1 aromatic rings. The highest BCUT2D eigenvalue weighted by Crippen LogP contribution is 2.26. The van der Waals surface area contributed by atoms with Gasteiger partial charge in [-0.1, -0.05) is 12.1 Å². The van der Waals surface area contributed by atoms with Crippen molar-refractivity contribution in [3.8, 4) is 0 Å². The first-order valence-electron chi connectivity index (χ1n) is 2.81. The van der Waals surface area contributed by atoms with Gasteiger partial charge in [-0.3, -0.25) is 0 Å². The van der Waals surface area contributed by atoms with Gasteiger partial charge in [0.2, 0.25) is 0 Å². The Morgan fingerprint density at radius 2 is 2.00 bits per heavy atom. The van der Waals surface area contributed by atoms with E-state index in [-0.39, 0.29) is 0 Å². The van der Waals surface area contributed by atoms with Crippen molar-refractivity contribution in [1.82, 2.24) is 0 Å².